The summed E-state index contributed by atoms with van der Waals surface area (Å²) in [7, 11) is 0. The highest BCUT2D eigenvalue weighted by Crippen LogP contribution is 2.25. The van der Waals surface area contributed by atoms with Crippen molar-refractivity contribution >= 4 is 17.7 Å². The Labute approximate surface area is 125 Å². The average molecular weight is 300 g/mol. The Hall–Kier alpha value is -2.34. The molecule has 0 radical (unpaired) electrons. The third-order valence-corrected chi connectivity index (χ3v) is 3.89. The summed E-state index contributed by atoms with van der Waals surface area (Å²) in [6.07, 6.45) is 0. The predicted octanol–water partition coefficient (Wildman–Crippen LogP) is 3.28. The minimum Gasteiger partial charge on any atom is -0.366 e. The Morgan fingerprint density at radius 3 is 2.52 bits per heavy atom. The van der Waals surface area contributed by atoms with E-state index in [-0.39, 0.29) is 11.8 Å². The minimum absolute atomic E-state index is 0.204. The van der Waals surface area contributed by atoms with Crippen molar-refractivity contribution in [3.05, 3.63) is 66.0 Å². The fraction of sp³-hybridized carbons (Fsp3) is 0.0667. The van der Waals surface area contributed by atoms with Gasteiger partial charge in [-0.3, -0.25) is 0 Å². The van der Waals surface area contributed by atoms with Crippen molar-refractivity contribution in [1.29, 1.82) is 0 Å². The first kappa shape index (κ1) is 13.6. The average Bonchev–Trinajstić information content (AvgIpc) is 2.88. The Bertz CT molecular complexity index is 742. The third-order valence-electron chi connectivity index (χ3n) is 2.91. The fourth-order valence-electron chi connectivity index (χ4n) is 1.90. The molecule has 0 aliphatic rings. The topological polar surface area (TPSA) is 56.7 Å². The van der Waals surface area contributed by atoms with Crippen LogP contribution >= 0.6 is 11.8 Å². The molecule has 106 valence electrons. The molecule has 0 bridgehead atoms. The van der Waals surface area contributed by atoms with Crippen LogP contribution in [0, 0.1) is 5.82 Å². The van der Waals surface area contributed by atoms with Crippen LogP contribution in [0.15, 0.2) is 59.8 Å². The van der Waals surface area contributed by atoms with Crippen molar-refractivity contribution in [2.45, 2.75) is 10.9 Å². The van der Waals surface area contributed by atoms with Crippen LogP contribution in [0.5, 0.6) is 0 Å². The van der Waals surface area contributed by atoms with E-state index in [0.29, 0.717) is 16.5 Å². The first-order chi connectivity index (χ1) is 10.2. The van der Waals surface area contributed by atoms with Gasteiger partial charge in [-0.15, -0.1) is 5.10 Å². The van der Waals surface area contributed by atoms with Crippen molar-refractivity contribution in [2.24, 2.45) is 0 Å². The molecular formula is C15H13FN4S. The third kappa shape index (κ3) is 3.05. The number of nitrogens with two attached hydrogens (primary N) is 1. The van der Waals surface area contributed by atoms with Crippen molar-refractivity contribution in [3.63, 3.8) is 0 Å². The number of anilines is 1. The number of nitrogen functional groups attached to an aromatic ring is 1. The molecule has 0 unspecified atom stereocenters. The molecule has 1 heterocycles. The van der Waals surface area contributed by atoms with Crippen LogP contribution in [0.1, 0.15) is 5.56 Å². The molecular weight excluding hydrogens is 287 g/mol. The number of halogens is 1. The lowest BCUT2D eigenvalue weighted by molar-refractivity contribution is 0.617. The van der Waals surface area contributed by atoms with E-state index in [2.05, 4.69) is 10.1 Å². The van der Waals surface area contributed by atoms with Gasteiger partial charge in [0.15, 0.2) is 5.16 Å². The molecule has 6 heteroatoms. The zero-order valence-electron chi connectivity index (χ0n) is 11.1. The zero-order valence-corrected chi connectivity index (χ0v) is 11.9. The molecule has 0 saturated carbocycles. The molecule has 0 aliphatic carbocycles. The highest BCUT2D eigenvalue weighted by Gasteiger charge is 2.11. The number of nitrogens with zero attached hydrogens (tertiary/aromatic N) is 3. The van der Waals surface area contributed by atoms with E-state index in [1.807, 2.05) is 36.4 Å². The van der Waals surface area contributed by atoms with E-state index < -0.39 is 0 Å². The second-order valence-corrected chi connectivity index (χ2v) is 5.32. The lowest BCUT2D eigenvalue weighted by Gasteiger charge is -2.05. The minimum atomic E-state index is -0.219. The molecule has 0 aliphatic heterocycles. The number of hydrogen-bond donors (Lipinski definition) is 1. The standard InChI is InChI=1S/C15H13FN4S/c16-13-9-5-4-6-11(13)10-21-15-18-14(17)19-20(15)12-7-2-1-3-8-12/h1-9H,10H2,(H2,17,19). The van der Waals surface area contributed by atoms with Gasteiger partial charge in [0.25, 0.3) is 0 Å². The van der Waals surface area contributed by atoms with E-state index in [1.54, 1.807) is 16.8 Å². The van der Waals surface area contributed by atoms with Crippen molar-refractivity contribution in [1.82, 2.24) is 14.8 Å². The van der Waals surface area contributed by atoms with Crippen LogP contribution in [-0.4, -0.2) is 14.8 Å². The number of aromatic nitrogens is 3. The molecule has 21 heavy (non-hydrogen) atoms. The van der Waals surface area contributed by atoms with Gasteiger partial charge in [-0.2, -0.15) is 4.98 Å². The van der Waals surface area contributed by atoms with Gasteiger partial charge in [0.1, 0.15) is 5.82 Å². The van der Waals surface area contributed by atoms with Gasteiger partial charge in [0, 0.05) is 5.75 Å². The largest absolute Gasteiger partial charge is 0.366 e. The van der Waals surface area contributed by atoms with Gasteiger partial charge in [0.2, 0.25) is 5.95 Å². The number of para-hydroxylation sites is 1. The van der Waals surface area contributed by atoms with Crippen LogP contribution in [0.3, 0.4) is 0 Å². The van der Waals surface area contributed by atoms with Gasteiger partial charge in [-0.05, 0) is 23.8 Å². The molecule has 0 spiro atoms. The summed E-state index contributed by atoms with van der Waals surface area (Å²) in [5, 5.41) is 4.83. The molecule has 0 atom stereocenters. The number of thioether (sulfide) groups is 1. The van der Waals surface area contributed by atoms with Gasteiger partial charge >= 0.3 is 0 Å². The van der Waals surface area contributed by atoms with E-state index in [9.17, 15) is 4.39 Å². The lowest BCUT2D eigenvalue weighted by Crippen LogP contribution is -1.99. The highest BCUT2D eigenvalue weighted by atomic mass is 32.2. The molecule has 3 rings (SSSR count). The zero-order chi connectivity index (χ0) is 14.7. The predicted molar refractivity (Wildman–Crippen MR) is 81.7 cm³/mol. The van der Waals surface area contributed by atoms with Gasteiger partial charge in [0.05, 0.1) is 5.69 Å². The summed E-state index contributed by atoms with van der Waals surface area (Å²) in [5.41, 5.74) is 7.19. The summed E-state index contributed by atoms with van der Waals surface area (Å²) in [4.78, 5) is 4.20. The summed E-state index contributed by atoms with van der Waals surface area (Å²) in [5.74, 6) is 0.455. The van der Waals surface area contributed by atoms with E-state index >= 15 is 0 Å². The Morgan fingerprint density at radius 2 is 1.76 bits per heavy atom. The molecule has 2 aromatic carbocycles. The summed E-state index contributed by atoms with van der Waals surface area (Å²) in [6, 6.07) is 16.3. The first-order valence-electron chi connectivity index (χ1n) is 6.38. The smallest absolute Gasteiger partial charge is 0.240 e. The van der Waals surface area contributed by atoms with Gasteiger partial charge < -0.3 is 5.73 Å². The van der Waals surface area contributed by atoms with Crippen LogP contribution < -0.4 is 5.73 Å². The van der Waals surface area contributed by atoms with E-state index in [1.165, 1.54) is 17.8 Å². The normalized spacial score (nSPS) is 10.7. The lowest BCUT2D eigenvalue weighted by atomic mass is 10.2. The number of hydrogen-bond acceptors (Lipinski definition) is 4. The Morgan fingerprint density at radius 1 is 1.05 bits per heavy atom. The summed E-state index contributed by atoms with van der Waals surface area (Å²) < 4.78 is 15.3. The number of rotatable bonds is 4. The summed E-state index contributed by atoms with van der Waals surface area (Å²) in [6.45, 7) is 0. The van der Waals surface area contributed by atoms with E-state index in [0.717, 1.165) is 5.69 Å². The molecule has 1 aromatic heterocycles. The molecule has 0 fully saturated rings. The maximum atomic E-state index is 13.6. The van der Waals surface area contributed by atoms with Crippen LogP contribution in [0.2, 0.25) is 0 Å². The van der Waals surface area contributed by atoms with Crippen molar-refractivity contribution < 1.29 is 4.39 Å². The fourth-order valence-corrected chi connectivity index (χ4v) is 2.85. The monoisotopic (exact) mass is 300 g/mol. The molecule has 0 saturated heterocycles. The summed E-state index contributed by atoms with van der Waals surface area (Å²) >= 11 is 1.40. The second kappa shape index (κ2) is 5.97. The second-order valence-electron chi connectivity index (χ2n) is 4.38. The van der Waals surface area contributed by atoms with Crippen LogP contribution in [-0.2, 0) is 5.75 Å². The van der Waals surface area contributed by atoms with Gasteiger partial charge in [-0.1, -0.05) is 48.2 Å². The van der Waals surface area contributed by atoms with Gasteiger partial charge in [-0.25, -0.2) is 9.07 Å². The first-order valence-corrected chi connectivity index (χ1v) is 7.37. The Balaban J connectivity index is 1.85. The van der Waals surface area contributed by atoms with Crippen molar-refractivity contribution in [2.75, 3.05) is 5.73 Å². The molecule has 2 N–H and O–H groups in total. The van der Waals surface area contributed by atoms with Crippen LogP contribution in [0.4, 0.5) is 10.3 Å². The molecule has 4 nitrogen and oxygen atoms in total. The maximum Gasteiger partial charge on any atom is 0.240 e. The highest BCUT2D eigenvalue weighted by molar-refractivity contribution is 7.98. The Kier molecular flexibility index (Phi) is 3.87. The number of benzene rings is 2. The van der Waals surface area contributed by atoms with Crippen LogP contribution in [0.25, 0.3) is 5.69 Å². The van der Waals surface area contributed by atoms with Crippen molar-refractivity contribution in [3.8, 4) is 5.69 Å². The SMILES string of the molecule is Nc1nc(SCc2ccccc2F)n(-c2ccccc2)n1. The quantitative estimate of drug-likeness (QED) is 0.751. The van der Waals surface area contributed by atoms with E-state index in [4.69, 9.17) is 5.73 Å². The molecule has 3 aromatic rings. The maximum absolute atomic E-state index is 13.6. The molecule has 0 amide bonds.